The first-order valence-electron chi connectivity index (χ1n) is 7.36. The van der Waals surface area contributed by atoms with Crippen molar-refractivity contribution in [1.29, 1.82) is 0 Å². The normalized spacial score (nSPS) is 23.9. The number of nitrogens with zero attached hydrogens (tertiary/aromatic N) is 2. The van der Waals surface area contributed by atoms with E-state index in [4.69, 9.17) is 10.9 Å². The molecule has 1 atom stereocenters. The van der Waals surface area contributed by atoms with Crippen molar-refractivity contribution < 1.29 is 8.42 Å². The second-order valence-electron chi connectivity index (χ2n) is 5.90. The number of anilines is 2. The van der Waals surface area contributed by atoms with Crippen molar-refractivity contribution in [3.63, 3.8) is 0 Å². The average Bonchev–Trinajstić information content (AvgIpc) is 2.75. The lowest BCUT2D eigenvalue weighted by Crippen LogP contribution is -2.37. The van der Waals surface area contributed by atoms with Gasteiger partial charge in [-0.05, 0) is 44.0 Å². The van der Waals surface area contributed by atoms with Gasteiger partial charge in [0.2, 0.25) is 10.0 Å². The number of hydrogen-bond donors (Lipinski definition) is 2. The molecular formula is C14H22N4O2S. The van der Waals surface area contributed by atoms with Crippen LogP contribution in [0.25, 0.3) is 0 Å². The Morgan fingerprint density at radius 2 is 1.90 bits per heavy atom. The van der Waals surface area contributed by atoms with Gasteiger partial charge in [-0.3, -0.25) is 4.90 Å². The van der Waals surface area contributed by atoms with Gasteiger partial charge in [0.1, 0.15) is 4.90 Å². The van der Waals surface area contributed by atoms with E-state index in [9.17, 15) is 8.42 Å². The van der Waals surface area contributed by atoms with Gasteiger partial charge in [-0.15, -0.1) is 0 Å². The number of nitrogen functional groups attached to an aromatic ring is 1. The molecule has 2 aliphatic rings. The molecule has 1 aromatic rings. The van der Waals surface area contributed by atoms with E-state index in [0.29, 0.717) is 17.4 Å². The van der Waals surface area contributed by atoms with Crippen LogP contribution in [0.3, 0.4) is 0 Å². The SMILES string of the molecule is Nc1ccc(N2CCCN3CCCC3C2)c(S(N)(=O)=O)c1. The van der Waals surface area contributed by atoms with E-state index in [1.165, 1.54) is 18.9 Å². The van der Waals surface area contributed by atoms with E-state index in [1.54, 1.807) is 12.1 Å². The number of sulfonamides is 1. The highest BCUT2D eigenvalue weighted by Gasteiger charge is 2.30. The summed E-state index contributed by atoms with van der Waals surface area (Å²) in [5, 5.41) is 5.36. The first-order chi connectivity index (χ1) is 9.95. The first kappa shape index (κ1) is 14.6. The minimum absolute atomic E-state index is 0.133. The zero-order valence-electron chi connectivity index (χ0n) is 12.0. The first-order valence-corrected chi connectivity index (χ1v) is 8.91. The van der Waals surface area contributed by atoms with Gasteiger partial charge in [0.15, 0.2) is 0 Å². The van der Waals surface area contributed by atoms with Crippen molar-refractivity contribution in [1.82, 2.24) is 4.90 Å². The zero-order chi connectivity index (χ0) is 15.0. The number of nitrogens with two attached hydrogens (primary N) is 2. The summed E-state index contributed by atoms with van der Waals surface area (Å²) in [7, 11) is -3.77. The summed E-state index contributed by atoms with van der Waals surface area (Å²) in [6, 6.07) is 5.49. The van der Waals surface area contributed by atoms with E-state index in [1.807, 2.05) is 0 Å². The summed E-state index contributed by atoms with van der Waals surface area (Å²) in [4.78, 5) is 4.79. The summed E-state index contributed by atoms with van der Waals surface area (Å²) in [5.41, 5.74) is 6.82. The van der Waals surface area contributed by atoms with E-state index in [-0.39, 0.29) is 4.90 Å². The van der Waals surface area contributed by atoms with E-state index in [0.717, 1.165) is 32.6 Å². The molecule has 21 heavy (non-hydrogen) atoms. The second-order valence-corrected chi connectivity index (χ2v) is 7.43. The van der Waals surface area contributed by atoms with Crippen LogP contribution < -0.4 is 15.8 Å². The quantitative estimate of drug-likeness (QED) is 0.780. The summed E-state index contributed by atoms with van der Waals surface area (Å²) < 4.78 is 23.7. The molecule has 2 aliphatic heterocycles. The van der Waals surface area contributed by atoms with Crippen LogP contribution in [0.1, 0.15) is 19.3 Å². The maximum atomic E-state index is 11.8. The third kappa shape index (κ3) is 3.00. The molecule has 116 valence electrons. The number of benzene rings is 1. The molecule has 0 saturated carbocycles. The van der Waals surface area contributed by atoms with Gasteiger partial charge in [0.25, 0.3) is 0 Å². The van der Waals surface area contributed by atoms with Gasteiger partial charge < -0.3 is 10.6 Å². The van der Waals surface area contributed by atoms with Crippen LogP contribution in [0, 0.1) is 0 Å². The highest BCUT2D eigenvalue weighted by atomic mass is 32.2. The van der Waals surface area contributed by atoms with Crippen molar-refractivity contribution in [3.05, 3.63) is 18.2 Å². The van der Waals surface area contributed by atoms with Crippen LogP contribution in [0.4, 0.5) is 11.4 Å². The maximum Gasteiger partial charge on any atom is 0.240 e. The van der Waals surface area contributed by atoms with Gasteiger partial charge in [0.05, 0.1) is 5.69 Å². The topological polar surface area (TPSA) is 92.7 Å². The number of primary sulfonamides is 1. The van der Waals surface area contributed by atoms with Crippen LogP contribution in [-0.2, 0) is 10.0 Å². The number of rotatable bonds is 2. The molecule has 1 unspecified atom stereocenters. The van der Waals surface area contributed by atoms with Gasteiger partial charge in [-0.1, -0.05) is 0 Å². The molecule has 1 aromatic carbocycles. The zero-order valence-corrected chi connectivity index (χ0v) is 12.8. The van der Waals surface area contributed by atoms with Gasteiger partial charge >= 0.3 is 0 Å². The van der Waals surface area contributed by atoms with E-state index < -0.39 is 10.0 Å². The Morgan fingerprint density at radius 3 is 2.67 bits per heavy atom. The molecule has 0 bridgehead atoms. The lowest BCUT2D eigenvalue weighted by atomic mass is 10.2. The Morgan fingerprint density at radius 1 is 1.14 bits per heavy atom. The fraction of sp³-hybridized carbons (Fsp3) is 0.571. The summed E-state index contributed by atoms with van der Waals surface area (Å²) >= 11 is 0. The van der Waals surface area contributed by atoms with E-state index in [2.05, 4.69) is 9.80 Å². The minimum Gasteiger partial charge on any atom is -0.399 e. The molecular weight excluding hydrogens is 288 g/mol. The van der Waals surface area contributed by atoms with Crippen molar-refractivity contribution in [2.45, 2.75) is 30.2 Å². The molecule has 7 heteroatoms. The van der Waals surface area contributed by atoms with Crippen LogP contribution in [0.2, 0.25) is 0 Å². The van der Waals surface area contributed by atoms with Crippen molar-refractivity contribution in [3.8, 4) is 0 Å². The van der Waals surface area contributed by atoms with E-state index >= 15 is 0 Å². The molecule has 4 N–H and O–H groups in total. The average molecular weight is 310 g/mol. The molecule has 0 aromatic heterocycles. The molecule has 2 saturated heterocycles. The predicted octanol–water partition coefficient (Wildman–Crippen LogP) is 0.591. The second kappa shape index (κ2) is 5.47. The van der Waals surface area contributed by atoms with Crippen LogP contribution in [-0.4, -0.2) is 45.5 Å². The van der Waals surface area contributed by atoms with Crippen molar-refractivity contribution >= 4 is 21.4 Å². The molecule has 3 rings (SSSR count). The predicted molar refractivity (Wildman–Crippen MR) is 83.7 cm³/mol. The van der Waals surface area contributed by atoms with Gasteiger partial charge in [-0.25, -0.2) is 13.6 Å². The lowest BCUT2D eigenvalue weighted by Gasteiger charge is -2.28. The summed E-state index contributed by atoms with van der Waals surface area (Å²) in [5.74, 6) is 0. The molecule has 6 nitrogen and oxygen atoms in total. The molecule has 0 amide bonds. The Bertz CT molecular complexity index is 632. The molecule has 0 spiro atoms. The standard InChI is InChI=1S/C14H22N4O2S/c15-11-4-5-13(14(9-11)21(16,19)20)18-8-2-7-17-6-1-3-12(17)10-18/h4-5,9,12H,1-3,6-8,10,15H2,(H2,16,19,20). The highest BCUT2D eigenvalue weighted by molar-refractivity contribution is 7.89. The van der Waals surface area contributed by atoms with Gasteiger partial charge in [-0.2, -0.15) is 0 Å². The maximum absolute atomic E-state index is 11.8. The fourth-order valence-electron chi connectivity index (χ4n) is 3.45. The molecule has 0 radical (unpaired) electrons. The molecule has 2 fully saturated rings. The lowest BCUT2D eigenvalue weighted by molar-refractivity contribution is 0.273. The van der Waals surface area contributed by atoms with Crippen LogP contribution in [0.15, 0.2) is 23.1 Å². The van der Waals surface area contributed by atoms with Crippen molar-refractivity contribution in [2.24, 2.45) is 5.14 Å². The summed E-state index contributed by atoms with van der Waals surface area (Å²) in [6.07, 6.45) is 3.43. The largest absolute Gasteiger partial charge is 0.399 e. The third-order valence-corrected chi connectivity index (χ3v) is 5.37. The number of fused-ring (bicyclic) bond motifs is 1. The Balaban J connectivity index is 1.96. The Labute approximate surface area is 125 Å². The smallest absolute Gasteiger partial charge is 0.240 e. The molecule has 2 heterocycles. The highest BCUT2D eigenvalue weighted by Crippen LogP contribution is 2.30. The summed E-state index contributed by atoms with van der Waals surface area (Å²) in [6.45, 7) is 3.94. The van der Waals surface area contributed by atoms with Crippen LogP contribution >= 0.6 is 0 Å². The fourth-order valence-corrected chi connectivity index (χ4v) is 4.23. The number of hydrogen-bond acceptors (Lipinski definition) is 5. The third-order valence-electron chi connectivity index (χ3n) is 4.43. The minimum atomic E-state index is -3.77. The van der Waals surface area contributed by atoms with Crippen LogP contribution in [0.5, 0.6) is 0 Å². The molecule has 0 aliphatic carbocycles. The Hall–Kier alpha value is -1.31. The van der Waals surface area contributed by atoms with Gasteiger partial charge in [0, 0.05) is 31.4 Å². The van der Waals surface area contributed by atoms with Crippen molar-refractivity contribution in [2.75, 3.05) is 36.8 Å². The monoisotopic (exact) mass is 310 g/mol. The Kier molecular flexibility index (Phi) is 3.81.